The number of hydrogen-bond acceptors (Lipinski definition) is 5. The van der Waals surface area contributed by atoms with Crippen molar-refractivity contribution in [2.75, 3.05) is 5.32 Å². The van der Waals surface area contributed by atoms with Crippen LogP contribution in [0.3, 0.4) is 0 Å². The number of halogens is 1. The Kier molecular flexibility index (Phi) is 3.51. The smallest absolute Gasteiger partial charge is 0.323 e. The summed E-state index contributed by atoms with van der Waals surface area (Å²) in [5.41, 5.74) is 3.82. The molecular formula is C19H12FN5OS. The van der Waals surface area contributed by atoms with Gasteiger partial charge in [-0.2, -0.15) is 0 Å². The molecule has 27 heavy (non-hydrogen) atoms. The van der Waals surface area contributed by atoms with E-state index in [0.717, 1.165) is 32.5 Å². The maximum Gasteiger partial charge on any atom is 0.323 e. The first-order valence-electron chi connectivity index (χ1n) is 8.14. The number of rotatable bonds is 3. The lowest BCUT2D eigenvalue weighted by atomic mass is 10.1. The van der Waals surface area contributed by atoms with Crippen LogP contribution < -0.4 is 11.0 Å². The number of nitrogens with one attached hydrogen (secondary N) is 3. The molecule has 0 aliphatic heterocycles. The van der Waals surface area contributed by atoms with E-state index < -0.39 is 0 Å². The van der Waals surface area contributed by atoms with Gasteiger partial charge in [-0.3, -0.25) is 0 Å². The van der Waals surface area contributed by atoms with E-state index >= 15 is 0 Å². The van der Waals surface area contributed by atoms with Gasteiger partial charge in [0.15, 0.2) is 0 Å². The molecular weight excluding hydrogens is 365 g/mol. The van der Waals surface area contributed by atoms with E-state index in [4.69, 9.17) is 0 Å². The molecule has 8 heteroatoms. The number of H-pyrrole nitrogens is 2. The molecule has 0 bridgehead atoms. The molecule has 2 aromatic carbocycles. The van der Waals surface area contributed by atoms with Crippen molar-refractivity contribution in [2.24, 2.45) is 0 Å². The van der Waals surface area contributed by atoms with Gasteiger partial charge in [0, 0.05) is 16.6 Å². The van der Waals surface area contributed by atoms with Crippen molar-refractivity contribution in [1.29, 1.82) is 0 Å². The van der Waals surface area contributed by atoms with E-state index in [1.165, 1.54) is 29.8 Å². The standard InChI is InChI=1S/C19H12FN5OS/c20-11-3-1-10(2-4-11)13-8-27-18-16(13)17(21-9-22-18)23-12-5-6-14-15(7-12)25-19(26)24-14/h1-9H,(H,21,22,23)(H2,24,25,26). The minimum atomic E-state index is -0.276. The van der Waals surface area contributed by atoms with Crippen molar-refractivity contribution in [1.82, 2.24) is 19.9 Å². The van der Waals surface area contributed by atoms with Crippen LogP contribution in [0.5, 0.6) is 0 Å². The average Bonchev–Trinajstić information content (AvgIpc) is 3.25. The summed E-state index contributed by atoms with van der Waals surface area (Å²) >= 11 is 1.51. The van der Waals surface area contributed by atoms with Gasteiger partial charge in [0.25, 0.3) is 0 Å². The van der Waals surface area contributed by atoms with E-state index in [9.17, 15) is 9.18 Å². The van der Waals surface area contributed by atoms with Crippen LogP contribution in [0, 0.1) is 5.82 Å². The molecule has 5 aromatic rings. The highest BCUT2D eigenvalue weighted by molar-refractivity contribution is 7.17. The topological polar surface area (TPSA) is 86.5 Å². The van der Waals surface area contributed by atoms with Crippen LogP contribution in [0.25, 0.3) is 32.4 Å². The highest BCUT2D eigenvalue weighted by Crippen LogP contribution is 2.37. The SMILES string of the molecule is O=c1[nH]c2ccc(Nc3ncnc4scc(-c5ccc(F)cc5)c34)cc2[nH]1. The van der Waals surface area contributed by atoms with Gasteiger partial charge in [-0.05, 0) is 35.9 Å². The summed E-state index contributed by atoms with van der Waals surface area (Å²) in [6.07, 6.45) is 1.51. The molecule has 132 valence electrons. The number of nitrogens with zero attached hydrogens (tertiary/aromatic N) is 2. The van der Waals surface area contributed by atoms with Crippen LogP contribution in [-0.2, 0) is 0 Å². The molecule has 0 aliphatic carbocycles. The summed E-state index contributed by atoms with van der Waals surface area (Å²) in [6, 6.07) is 11.9. The molecule has 3 heterocycles. The van der Waals surface area contributed by atoms with Crippen molar-refractivity contribution in [2.45, 2.75) is 0 Å². The van der Waals surface area contributed by atoms with Crippen molar-refractivity contribution >= 4 is 44.1 Å². The van der Waals surface area contributed by atoms with E-state index in [-0.39, 0.29) is 11.5 Å². The van der Waals surface area contributed by atoms with E-state index in [1.807, 2.05) is 23.6 Å². The van der Waals surface area contributed by atoms with Gasteiger partial charge in [-0.25, -0.2) is 19.2 Å². The second-order valence-electron chi connectivity index (χ2n) is 6.02. The maximum absolute atomic E-state index is 13.3. The zero-order valence-electron chi connectivity index (χ0n) is 13.8. The van der Waals surface area contributed by atoms with Crippen molar-refractivity contribution in [3.05, 3.63) is 70.5 Å². The third-order valence-electron chi connectivity index (χ3n) is 4.30. The Morgan fingerprint density at radius 3 is 2.67 bits per heavy atom. The predicted molar refractivity (Wildman–Crippen MR) is 105 cm³/mol. The van der Waals surface area contributed by atoms with Crippen LogP contribution >= 0.6 is 11.3 Å². The summed E-state index contributed by atoms with van der Waals surface area (Å²) < 4.78 is 13.3. The predicted octanol–water partition coefficient (Wildman–Crippen LogP) is 4.41. The molecule has 3 aromatic heterocycles. The van der Waals surface area contributed by atoms with E-state index in [1.54, 1.807) is 12.1 Å². The first-order chi connectivity index (χ1) is 13.2. The lowest BCUT2D eigenvalue weighted by Crippen LogP contribution is -1.99. The molecule has 0 radical (unpaired) electrons. The van der Waals surface area contributed by atoms with E-state index in [2.05, 4.69) is 25.3 Å². The van der Waals surface area contributed by atoms with Gasteiger partial charge in [-0.15, -0.1) is 11.3 Å². The fraction of sp³-hybridized carbons (Fsp3) is 0. The Balaban J connectivity index is 1.62. The zero-order valence-corrected chi connectivity index (χ0v) is 14.6. The van der Waals surface area contributed by atoms with Gasteiger partial charge >= 0.3 is 5.69 Å². The van der Waals surface area contributed by atoms with Crippen LogP contribution in [0.15, 0.2) is 59.0 Å². The van der Waals surface area contributed by atoms with Gasteiger partial charge in [0.05, 0.1) is 16.4 Å². The summed E-state index contributed by atoms with van der Waals surface area (Å²) in [6.45, 7) is 0. The summed E-state index contributed by atoms with van der Waals surface area (Å²) in [5.74, 6) is 0.375. The molecule has 6 nitrogen and oxygen atoms in total. The first-order valence-corrected chi connectivity index (χ1v) is 9.02. The number of aromatic amines is 2. The fourth-order valence-electron chi connectivity index (χ4n) is 3.06. The van der Waals surface area contributed by atoms with Gasteiger partial charge in [0.2, 0.25) is 0 Å². The molecule has 0 saturated heterocycles. The highest BCUT2D eigenvalue weighted by Gasteiger charge is 2.14. The normalized spacial score (nSPS) is 11.3. The Hall–Kier alpha value is -3.52. The molecule has 0 aliphatic rings. The lowest BCUT2D eigenvalue weighted by molar-refractivity contribution is 0.628. The van der Waals surface area contributed by atoms with Crippen LogP contribution in [-0.4, -0.2) is 19.9 Å². The molecule has 0 amide bonds. The third kappa shape index (κ3) is 2.76. The van der Waals surface area contributed by atoms with Gasteiger partial charge < -0.3 is 15.3 Å². The monoisotopic (exact) mass is 377 g/mol. The number of hydrogen-bond donors (Lipinski definition) is 3. The Morgan fingerprint density at radius 1 is 1.00 bits per heavy atom. The zero-order chi connectivity index (χ0) is 18.4. The molecule has 0 spiro atoms. The Bertz CT molecular complexity index is 1340. The number of thiophene rings is 1. The summed E-state index contributed by atoms with van der Waals surface area (Å²) in [5, 5.41) is 6.16. The number of imidazole rings is 1. The van der Waals surface area contributed by atoms with Crippen molar-refractivity contribution in [3.63, 3.8) is 0 Å². The molecule has 0 fully saturated rings. The number of fused-ring (bicyclic) bond motifs is 2. The summed E-state index contributed by atoms with van der Waals surface area (Å²) in [7, 11) is 0. The summed E-state index contributed by atoms with van der Waals surface area (Å²) in [4.78, 5) is 26.5. The number of aromatic nitrogens is 4. The van der Waals surface area contributed by atoms with Crippen molar-refractivity contribution in [3.8, 4) is 11.1 Å². The molecule has 0 atom stereocenters. The molecule has 3 N–H and O–H groups in total. The molecule has 0 saturated carbocycles. The van der Waals surface area contributed by atoms with Crippen LogP contribution in [0.2, 0.25) is 0 Å². The maximum atomic E-state index is 13.3. The molecule has 5 rings (SSSR count). The average molecular weight is 377 g/mol. The quantitative estimate of drug-likeness (QED) is 0.435. The Labute approximate surface area is 155 Å². The third-order valence-corrected chi connectivity index (χ3v) is 5.19. The highest BCUT2D eigenvalue weighted by atomic mass is 32.1. The second kappa shape index (κ2) is 6.03. The lowest BCUT2D eigenvalue weighted by Gasteiger charge is -2.08. The van der Waals surface area contributed by atoms with Gasteiger partial charge in [-0.1, -0.05) is 12.1 Å². The minimum absolute atomic E-state index is 0.247. The fourth-order valence-corrected chi connectivity index (χ4v) is 3.97. The van der Waals surface area contributed by atoms with E-state index in [0.29, 0.717) is 11.3 Å². The Morgan fingerprint density at radius 2 is 1.81 bits per heavy atom. The largest absolute Gasteiger partial charge is 0.340 e. The van der Waals surface area contributed by atoms with Gasteiger partial charge in [0.1, 0.15) is 22.8 Å². The van der Waals surface area contributed by atoms with Crippen molar-refractivity contribution < 1.29 is 4.39 Å². The molecule has 0 unspecified atom stereocenters. The van der Waals surface area contributed by atoms with Crippen LogP contribution in [0.1, 0.15) is 0 Å². The minimum Gasteiger partial charge on any atom is -0.340 e. The first kappa shape index (κ1) is 15.7. The number of anilines is 2. The number of benzene rings is 2. The van der Waals surface area contributed by atoms with Crippen LogP contribution in [0.4, 0.5) is 15.9 Å². The second-order valence-corrected chi connectivity index (χ2v) is 6.88.